The summed E-state index contributed by atoms with van der Waals surface area (Å²) in [7, 11) is 0. The number of rotatable bonds is 4. The summed E-state index contributed by atoms with van der Waals surface area (Å²) in [4.78, 5) is 12.0. The van der Waals surface area contributed by atoms with Gasteiger partial charge in [0.15, 0.2) is 5.78 Å². The molecule has 3 rings (SSSR count). The van der Waals surface area contributed by atoms with Crippen LogP contribution in [0.4, 0.5) is 0 Å². The van der Waals surface area contributed by atoms with E-state index in [0.717, 1.165) is 22.1 Å². The van der Waals surface area contributed by atoms with Gasteiger partial charge >= 0.3 is 0 Å². The van der Waals surface area contributed by atoms with Crippen LogP contribution in [0.3, 0.4) is 0 Å². The quantitative estimate of drug-likeness (QED) is 0.387. The largest absolute Gasteiger partial charge is 0.464 e. The van der Waals surface area contributed by atoms with Crippen molar-refractivity contribution in [3.8, 4) is 5.75 Å². The maximum atomic E-state index is 12.0. The summed E-state index contributed by atoms with van der Waals surface area (Å²) in [6, 6.07) is 21.3. The molecule has 0 spiro atoms. The Bertz CT molecular complexity index is 824. The van der Waals surface area contributed by atoms with Gasteiger partial charge in [0.05, 0.1) is 6.26 Å². The molecule has 0 N–H and O–H groups in total. The third-order valence-electron chi connectivity index (χ3n) is 3.50. The van der Waals surface area contributed by atoms with Crippen molar-refractivity contribution in [2.75, 3.05) is 0 Å². The average Bonchev–Trinajstić information content (AvgIpc) is 2.55. The highest BCUT2D eigenvalue weighted by molar-refractivity contribution is 6.04. The smallest absolute Gasteiger partial charge is 0.188 e. The minimum absolute atomic E-state index is 0.0692. The number of ketones is 1. The van der Waals surface area contributed by atoms with Crippen molar-refractivity contribution in [2.24, 2.45) is 0 Å². The third-order valence-corrected chi connectivity index (χ3v) is 3.50. The molecule has 22 heavy (non-hydrogen) atoms. The fraction of sp³-hybridized carbons (Fsp3) is 0.0500. The molecule has 3 aromatic rings. The van der Waals surface area contributed by atoms with Crippen LogP contribution >= 0.6 is 0 Å². The van der Waals surface area contributed by atoms with Crippen LogP contribution in [0.1, 0.15) is 15.9 Å². The second kappa shape index (κ2) is 6.27. The fourth-order valence-electron chi connectivity index (χ4n) is 2.28. The Morgan fingerprint density at radius 3 is 2.45 bits per heavy atom. The molecule has 0 amide bonds. The lowest BCUT2D eigenvalue weighted by molar-refractivity contribution is 0.104. The Labute approximate surface area is 129 Å². The second-order valence-corrected chi connectivity index (χ2v) is 5.13. The first-order valence-electron chi connectivity index (χ1n) is 7.16. The van der Waals surface area contributed by atoms with Crippen LogP contribution in [-0.2, 0) is 0 Å². The van der Waals surface area contributed by atoms with E-state index in [4.69, 9.17) is 4.74 Å². The molecule has 0 aliphatic carbocycles. The molecule has 0 bridgehead atoms. The van der Waals surface area contributed by atoms with Crippen molar-refractivity contribution in [3.05, 3.63) is 90.2 Å². The van der Waals surface area contributed by atoms with Gasteiger partial charge < -0.3 is 4.74 Å². The second-order valence-electron chi connectivity index (χ2n) is 5.13. The summed E-state index contributed by atoms with van der Waals surface area (Å²) >= 11 is 0. The van der Waals surface area contributed by atoms with Gasteiger partial charge in [-0.05, 0) is 18.4 Å². The summed E-state index contributed by atoms with van der Waals surface area (Å²) in [6.45, 7) is 1.99. The van der Waals surface area contributed by atoms with Crippen LogP contribution in [0.25, 0.3) is 10.8 Å². The number of allylic oxidation sites excluding steroid dienone is 1. The molecule has 0 saturated heterocycles. The highest BCUT2D eigenvalue weighted by Gasteiger charge is 2.02. The Hall–Kier alpha value is -2.87. The monoisotopic (exact) mass is 288 g/mol. The predicted octanol–water partition coefficient (Wildman–Crippen LogP) is 4.92. The number of ether oxygens (including phenoxy) is 1. The number of carbonyl (C=O) groups excluding carboxylic acids is 1. The van der Waals surface area contributed by atoms with Crippen molar-refractivity contribution in [3.63, 3.8) is 0 Å². The van der Waals surface area contributed by atoms with Gasteiger partial charge in [0.1, 0.15) is 5.75 Å². The van der Waals surface area contributed by atoms with Gasteiger partial charge in [-0.1, -0.05) is 66.2 Å². The van der Waals surface area contributed by atoms with E-state index in [1.807, 2.05) is 73.7 Å². The highest BCUT2D eigenvalue weighted by Crippen LogP contribution is 2.25. The molecule has 2 heteroatoms. The Morgan fingerprint density at radius 1 is 0.909 bits per heavy atom. The van der Waals surface area contributed by atoms with Gasteiger partial charge in [-0.2, -0.15) is 0 Å². The van der Waals surface area contributed by atoms with Crippen LogP contribution < -0.4 is 4.74 Å². The molecule has 3 aromatic carbocycles. The first-order valence-corrected chi connectivity index (χ1v) is 7.16. The lowest BCUT2D eigenvalue weighted by atomic mass is 10.1. The Balaban J connectivity index is 1.76. The van der Waals surface area contributed by atoms with E-state index < -0.39 is 0 Å². The lowest BCUT2D eigenvalue weighted by Gasteiger charge is -2.04. The topological polar surface area (TPSA) is 26.3 Å². The SMILES string of the molecule is Cc1ccc(C(=O)/C=C/Oc2cccc3ccccc23)cc1. The summed E-state index contributed by atoms with van der Waals surface area (Å²) in [5, 5.41) is 2.13. The van der Waals surface area contributed by atoms with Crippen LogP contribution in [0.2, 0.25) is 0 Å². The number of carbonyl (C=O) groups is 1. The van der Waals surface area contributed by atoms with Crippen LogP contribution in [0.5, 0.6) is 5.75 Å². The van der Waals surface area contributed by atoms with Crippen molar-refractivity contribution < 1.29 is 9.53 Å². The molecule has 0 radical (unpaired) electrons. The standard InChI is InChI=1S/C20H16O2/c1-15-9-11-17(12-10-15)19(21)13-14-22-20-8-4-6-16-5-2-3-7-18(16)20/h2-14H,1H3/b14-13+. The molecule has 0 aliphatic heterocycles. The van der Waals surface area contributed by atoms with Gasteiger partial charge in [0, 0.05) is 17.0 Å². The van der Waals surface area contributed by atoms with E-state index in [-0.39, 0.29) is 5.78 Å². The number of hydrogen-bond donors (Lipinski definition) is 0. The number of benzene rings is 3. The van der Waals surface area contributed by atoms with E-state index in [1.165, 1.54) is 12.3 Å². The molecule has 0 atom stereocenters. The van der Waals surface area contributed by atoms with Crippen molar-refractivity contribution in [1.82, 2.24) is 0 Å². The maximum Gasteiger partial charge on any atom is 0.188 e. The zero-order chi connectivity index (χ0) is 15.4. The van der Waals surface area contributed by atoms with Gasteiger partial charge in [-0.15, -0.1) is 0 Å². The highest BCUT2D eigenvalue weighted by atomic mass is 16.5. The summed E-state index contributed by atoms with van der Waals surface area (Å²) in [5.41, 5.74) is 1.79. The number of aryl methyl sites for hydroxylation is 1. The average molecular weight is 288 g/mol. The van der Waals surface area contributed by atoms with Crippen molar-refractivity contribution in [1.29, 1.82) is 0 Å². The molecule has 0 aliphatic rings. The van der Waals surface area contributed by atoms with Gasteiger partial charge in [0.25, 0.3) is 0 Å². The molecule has 0 unspecified atom stereocenters. The summed E-state index contributed by atoms with van der Waals surface area (Å²) in [6.07, 6.45) is 2.90. The Kier molecular flexibility index (Phi) is 4.01. The zero-order valence-corrected chi connectivity index (χ0v) is 12.3. The van der Waals surface area contributed by atoms with Crippen molar-refractivity contribution >= 4 is 16.6 Å². The molecule has 0 heterocycles. The van der Waals surface area contributed by atoms with Crippen molar-refractivity contribution in [2.45, 2.75) is 6.92 Å². The van der Waals surface area contributed by atoms with E-state index in [2.05, 4.69) is 0 Å². The minimum Gasteiger partial charge on any atom is -0.464 e. The first-order chi connectivity index (χ1) is 10.7. The summed E-state index contributed by atoms with van der Waals surface area (Å²) in [5.74, 6) is 0.672. The van der Waals surface area contributed by atoms with Crippen LogP contribution in [0.15, 0.2) is 79.1 Å². The maximum absolute atomic E-state index is 12.0. The summed E-state index contributed by atoms with van der Waals surface area (Å²) < 4.78 is 5.63. The lowest BCUT2D eigenvalue weighted by Crippen LogP contribution is -1.95. The number of hydrogen-bond acceptors (Lipinski definition) is 2. The fourth-order valence-corrected chi connectivity index (χ4v) is 2.28. The molecular weight excluding hydrogens is 272 g/mol. The number of fused-ring (bicyclic) bond motifs is 1. The minimum atomic E-state index is -0.0692. The van der Waals surface area contributed by atoms with Gasteiger partial charge in [0.2, 0.25) is 0 Å². The molecule has 108 valence electrons. The third kappa shape index (κ3) is 3.07. The predicted molar refractivity (Wildman–Crippen MR) is 89.2 cm³/mol. The van der Waals surface area contributed by atoms with Crippen LogP contribution in [-0.4, -0.2) is 5.78 Å². The first kappa shape index (κ1) is 14.1. The van der Waals surface area contributed by atoms with Gasteiger partial charge in [-0.25, -0.2) is 0 Å². The molecule has 0 fully saturated rings. The van der Waals surface area contributed by atoms with E-state index in [1.54, 1.807) is 0 Å². The zero-order valence-electron chi connectivity index (χ0n) is 12.3. The van der Waals surface area contributed by atoms with E-state index >= 15 is 0 Å². The molecule has 0 aromatic heterocycles. The normalized spacial score (nSPS) is 11.0. The van der Waals surface area contributed by atoms with Gasteiger partial charge in [-0.3, -0.25) is 4.79 Å². The molecular formula is C20H16O2. The molecule has 2 nitrogen and oxygen atoms in total. The molecule has 0 saturated carbocycles. The van der Waals surface area contributed by atoms with Crippen LogP contribution in [0, 0.1) is 6.92 Å². The van der Waals surface area contributed by atoms with E-state index in [9.17, 15) is 4.79 Å². The Morgan fingerprint density at radius 2 is 1.64 bits per heavy atom. The van der Waals surface area contributed by atoms with E-state index in [0.29, 0.717) is 5.56 Å².